The summed E-state index contributed by atoms with van der Waals surface area (Å²) in [7, 11) is 0. The summed E-state index contributed by atoms with van der Waals surface area (Å²) < 4.78 is 11.2. The quantitative estimate of drug-likeness (QED) is 0.521. The van der Waals surface area contributed by atoms with Crippen LogP contribution in [0.15, 0.2) is 54.6 Å². The molecule has 0 spiro atoms. The Morgan fingerprint density at radius 2 is 2.11 bits per heavy atom. The number of carbonyl (C=O) groups excluding carboxylic acids is 1. The van der Waals surface area contributed by atoms with E-state index < -0.39 is 5.41 Å². The molecule has 0 amide bonds. The molecule has 2 fully saturated rings. The Morgan fingerprint density at radius 3 is 2.89 bits per heavy atom. The highest BCUT2D eigenvalue weighted by molar-refractivity contribution is 6.32. The fourth-order valence-corrected chi connectivity index (χ4v) is 4.62. The minimum atomic E-state index is -0.468. The Balaban J connectivity index is 1.49. The van der Waals surface area contributed by atoms with E-state index in [9.17, 15) is 4.79 Å². The lowest BCUT2D eigenvalue weighted by Gasteiger charge is -2.24. The van der Waals surface area contributed by atoms with Gasteiger partial charge in [0, 0.05) is 5.92 Å². The summed E-state index contributed by atoms with van der Waals surface area (Å²) in [5, 5.41) is 0.566. The number of benzene rings is 2. The van der Waals surface area contributed by atoms with Crippen LogP contribution in [0.1, 0.15) is 29.5 Å². The molecule has 0 bridgehead atoms. The number of hydrogen-bond acceptors (Lipinski definition) is 3. The predicted octanol–water partition coefficient (Wildman–Crippen LogP) is 5.28. The second-order valence-corrected chi connectivity index (χ2v) is 8.21. The van der Waals surface area contributed by atoms with Gasteiger partial charge in [-0.2, -0.15) is 0 Å². The van der Waals surface area contributed by atoms with Gasteiger partial charge in [-0.05, 0) is 49.4 Å². The Bertz CT molecular complexity index is 904. The van der Waals surface area contributed by atoms with Crippen LogP contribution in [0.4, 0.5) is 0 Å². The molecule has 3 nitrogen and oxygen atoms in total. The Morgan fingerprint density at radius 1 is 1.26 bits per heavy atom. The van der Waals surface area contributed by atoms with E-state index in [4.69, 9.17) is 21.1 Å². The van der Waals surface area contributed by atoms with E-state index in [0.29, 0.717) is 36.8 Å². The molecule has 4 rings (SSSR count). The van der Waals surface area contributed by atoms with Crippen LogP contribution in [0, 0.1) is 18.3 Å². The maximum Gasteiger partial charge on any atom is 0.313 e. The standard InChI is InChI=1S/C23H23ClO3/c1-15-4-3-5-18(8-15)13-26-21-7-6-17(10-20(21)24)12-23-11-16(2)9-19(23)14-27-22(23)25/h3-8,10,19H,2,9,11-14H2,1H3. The van der Waals surface area contributed by atoms with Crippen LogP contribution in [0.3, 0.4) is 0 Å². The van der Waals surface area contributed by atoms with Gasteiger partial charge in [0.15, 0.2) is 0 Å². The molecule has 2 aromatic rings. The normalized spacial score (nSPS) is 24.0. The van der Waals surface area contributed by atoms with Gasteiger partial charge in [-0.3, -0.25) is 4.79 Å². The molecule has 0 radical (unpaired) electrons. The average molecular weight is 383 g/mol. The fraction of sp³-hybridized carbons (Fsp3) is 0.348. The third-order valence-electron chi connectivity index (χ3n) is 5.70. The number of aryl methyl sites for hydroxylation is 1. The summed E-state index contributed by atoms with van der Waals surface area (Å²) in [5.74, 6) is 0.788. The van der Waals surface area contributed by atoms with Crippen LogP contribution in [0.5, 0.6) is 5.75 Å². The van der Waals surface area contributed by atoms with E-state index >= 15 is 0 Å². The molecule has 1 heterocycles. The SMILES string of the molecule is C=C1CC2COC(=O)C2(Cc2ccc(OCc3cccc(C)c3)c(Cl)c2)C1. The molecule has 1 saturated heterocycles. The van der Waals surface area contributed by atoms with E-state index in [1.165, 1.54) is 5.56 Å². The van der Waals surface area contributed by atoms with Gasteiger partial charge in [-0.15, -0.1) is 0 Å². The van der Waals surface area contributed by atoms with Crippen molar-refractivity contribution in [1.82, 2.24) is 0 Å². The molecule has 2 aliphatic rings. The molecule has 2 atom stereocenters. The molecule has 1 saturated carbocycles. The van der Waals surface area contributed by atoms with Gasteiger partial charge in [-0.25, -0.2) is 0 Å². The largest absolute Gasteiger partial charge is 0.487 e. The highest BCUT2D eigenvalue weighted by atomic mass is 35.5. The van der Waals surface area contributed by atoms with Gasteiger partial charge >= 0.3 is 5.97 Å². The number of esters is 1. The molecule has 1 aliphatic heterocycles. The molecule has 2 aromatic carbocycles. The van der Waals surface area contributed by atoms with Crippen LogP contribution in [0.25, 0.3) is 0 Å². The summed E-state index contributed by atoms with van der Waals surface area (Å²) in [6.45, 7) is 7.13. The van der Waals surface area contributed by atoms with Crippen molar-refractivity contribution < 1.29 is 14.3 Å². The first-order valence-corrected chi connectivity index (χ1v) is 9.65. The number of cyclic esters (lactones) is 1. The van der Waals surface area contributed by atoms with E-state index in [0.717, 1.165) is 23.1 Å². The number of hydrogen-bond donors (Lipinski definition) is 0. The number of fused-ring (bicyclic) bond motifs is 1. The zero-order chi connectivity index (χ0) is 19.0. The minimum Gasteiger partial charge on any atom is -0.487 e. The van der Waals surface area contributed by atoms with Gasteiger partial charge in [0.25, 0.3) is 0 Å². The number of allylic oxidation sites excluding steroid dienone is 1. The molecule has 0 N–H and O–H groups in total. The number of ether oxygens (including phenoxy) is 2. The van der Waals surface area contributed by atoms with Crippen LogP contribution in [-0.4, -0.2) is 12.6 Å². The van der Waals surface area contributed by atoms with Gasteiger partial charge in [-0.1, -0.05) is 59.6 Å². The molecular formula is C23H23ClO3. The van der Waals surface area contributed by atoms with Crippen molar-refractivity contribution in [3.8, 4) is 5.75 Å². The third kappa shape index (κ3) is 3.49. The molecule has 140 valence electrons. The molecule has 0 aromatic heterocycles. The van der Waals surface area contributed by atoms with Crippen molar-refractivity contribution in [2.45, 2.75) is 32.8 Å². The number of halogens is 1. The first kappa shape index (κ1) is 18.1. The lowest BCUT2D eigenvalue weighted by atomic mass is 9.75. The zero-order valence-electron chi connectivity index (χ0n) is 15.5. The maximum absolute atomic E-state index is 12.4. The molecule has 1 aliphatic carbocycles. The van der Waals surface area contributed by atoms with E-state index in [1.807, 2.05) is 30.3 Å². The summed E-state index contributed by atoms with van der Waals surface area (Å²) >= 11 is 6.46. The Hall–Kier alpha value is -2.26. The summed E-state index contributed by atoms with van der Waals surface area (Å²) in [5.41, 5.74) is 4.01. The fourth-order valence-electron chi connectivity index (χ4n) is 4.36. The van der Waals surface area contributed by atoms with Crippen molar-refractivity contribution in [1.29, 1.82) is 0 Å². The summed E-state index contributed by atoms with van der Waals surface area (Å²) in [6.07, 6.45) is 2.21. The van der Waals surface area contributed by atoms with Crippen molar-refractivity contribution in [3.05, 3.63) is 76.3 Å². The predicted molar refractivity (Wildman–Crippen MR) is 106 cm³/mol. The number of carbonyl (C=O) groups is 1. The van der Waals surface area contributed by atoms with Crippen LogP contribution in [0.2, 0.25) is 5.02 Å². The van der Waals surface area contributed by atoms with Crippen molar-refractivity contribution in [3.63, 3.8) is 0 Å². The van der Waals surface area contributed by atoms with E-state index in [2.05, 4.69) is 25.6 Å². The first-order chi connectivity index (χ1) is 13.0. The third-order valence-corrected chi connectivity index (χ3v) is 5.99. The highest BCUT2D eigenvalue weighted by Gasteiger charge is 2.55. The molecule has 2 unspecified atom stereocenters. The second-order valence-electron chi connectivity index (χ2n) is 7.80. The van der Waals surface area contributed by atoms with Crippen LogP contribution >= 0.6 is 11.6 Å². The van der Waals surface area contributed by atoms with Crippen LogP contribution in [-0.2, 0) is 22.6 Å². The molecular weight excluding hydrogens is 360 g/mol. The van der Waals surface area contributed by atoms with Crippen LogP contribution < -0.4 is 4.74 Å². The Labute approximate surface area is 164 Å². The van der Waals surface area contributed by atoms with Crippen molar-refractivity contribution >= 4 is 17.6 Å². The van der Waals surface area contributed by atoms with Gasteiger partial charge in [0.1, 0.15) is 12.4 Å². The van der Waals surface area contributed by atoms with E-state index in [1.54, 1.807) is 0 Å². The summed E-state index contributed by atoms with van der Waals surface area (Å²) in [6, 6.07) is 14.0. The molecule has 27 heavy (non-hydrogen) atoms. The van der Waals surface area contributed by atoms with Crippen molar-refractivity contribution in [2.24, 2.45) is 11.3 Å². The molecule has 4 heteroatoms. The highest BCUT2D eigenvalue weighted by Crippen LogP contribution is 2.52. The minimum absolute atomic E-state index is 0.0953. The van der Waals surface area contributed by atoms with E-state index in [-0.39, 0.29) is 11.9 Å². The smallest absolute Gasteiger partial charge is 0.313 e. The van der Waals surface area contributed by atoms with Crippen molar-refractivity contribution in [2.75, 3.05) is 6.61 Å². The summed E-state index contributed by atoms with van der Waals surface area (Å²) in [4.78, 5) is 12.4. The maximum atomic E-state index is 12.4. The van der Waals surface area contributed by atoms with Gasteiger partial charge in [0.05, 0.1) is 17.0 Å². The monoisotopic (exact) mass is 382 g/mol. The Kier molecular flexibility index (Phi) is 4.73. The topological polar surface area (TPSA) is 35.5 Å². The zero-order valence-corrected chi connectivity index (χ0v) is 16.2. The van der Waals surface area contributed by atoms with Gasteiger partial charge < -0.3 is 9.47 Å². The number of rotatable bonds is 5. The lowest BCUT2D eigenvalue weighted by molar-refractivity contribution is -0.146. The van der Waals surface area contributed by atoms with Gasteiger partial charge in [0.2, 0.25) is 0 Å². The lowest BCUT2D eigenvalue weighted by Crippen LogP contribution is -2.31. The average Bonchev–Trinajstić information content (AvgIpc) is 3.09. The second kappa shape index (κ2) is 7.05. The first-order valence-electron chi connectivity index (χ1n) is 9.27.